The minimum absolute atomic E-state index is 0.0763. The molecule has 0 spiro atoms. The van der Waals surface area contributed by atoms with E-state index in [-0.39, 0.29) is 5.38 Å². The highest BCUT2D eigenvalue weighted by Crippen LogP contribution is 2.37. The molecule has 2 rings (SSSR count). The molecule has 0 N–H and O–H groups in total. The van der Waals surface area contributed by atoms with Gasteiger partial charge in [-0.25, -0.2) is 0 Å². The van der Waals surface area contributed by atoms with Crippen molar-refractivity contribution in [3.63, 3.8) is 0 Å². The first kappa shape index (κ1) is 10.7. The van der Waals surface area contributed by atoms with E-state index in [0.29, 0.717) is 5.92 Å². The topological polar surface area (TPSA) is 0 Å². The smallest absolute Gasteiger partial charge is 0.0744 e. The van der Waals surface area contributed by atoms with Crippen molar-refractivity contribution in [1.29, 1.82) is 0 Å². The van der Waals surface area contributed by atoms with Crippen molar-refractivity contribution in [1.82, 2.24) is 0 Å². The van der Waals surface area contributed by atoms with Gasteiger partial charge in [0.15, 0.2) is 0 Å². The maximum absolute atomic E-state index is 6.44. The molecule has 0 bridgehead atoms. The van der Waals surface area contributed by atoms with Crippen molar-refractivity contribution in [2.75, 3.05) is 0 Å². The molecule has 2 unspecified atom stereocenters. The minimum Gasteiger partial charge on any atom is -0.147 e. The van der Waals surface area contributed by atoms with Crippen LogP contribution in [0.4, 0.5) is 0 Å². The highest BCUT2D eigenvalue weighted by molar-refractivity contribution is 7.10. The monoisotopic (exact) mass is 236 g/mol. The maximum Gasteiger partial charge on any atom is 0.0744 e. The fourth-order valence-corrected chi connectivity index (χ4v) is 2.80. The van der Waals surface area contributed by atoms with Crippen LogP contribution in [0.5, 0.6) is 0 Å². The first-order valence-corrected chi connectivity index (χ1v) is 6.33. The summed E-state index contributed by atoms with van der Waals surface area (Å²) in [6.07, 6.45) is 0. The summed E-state index contributed by atoms with van der Waals surface area (Å²) in [4.78, 5) is 1.24. The van der Waals surface area contributed by atoms with Gasteiger partial charge in [-0.05, 0) is 17.0 Å². The fourth-order valence-electron chi connectivity index (χ4n) is 1.62. The number of alkyl halides is 1. The van der Waals surface area contributed by atoms with Crippen molar-refractivity contribution in [3.8, 4) is 0 Å². The van der Waals surface area contributed by atoms with Crippen molar-refractivity contribution >= 4 is 22.9 Å². The van der Waals surface area contributed by atoms with E-state index in [1.165, 1.54) is 10.4 Å². The third-order valence-electron chi connectivity index (χ3n) is 2.58. The van der Waals surface area contributed by atoms with Crippen LogP contribution >= 0.6 is 22.9 Å². The van der Waals surface area contributed by atoms with Gasteiger partial charge in [-0.1, -0.05) is 43.3 Å². The SMILES string of the molecule is CC(c1ccccc1)C(Cl)c1cccs1. The molecule has 0 radical (unpaired) electrons. The Labute approximate surface area is 99.5 Å². The molecule has 2 aromatic rings. The quantitative estimate of drug-likeness (QED) is 0.670. The van der Waals surface area contributed by atoms with Gasteiger partial charge < -0.3 is 0 Å². The van der Waals surface area contributed by atoms with Crippen LogP contribution in [-0.2, 0) is 0 Å². The summed E-state index contributed by atoms with van der Waals surface area (Å²) < 4.78 is 0. The maximum atomic E-state index is 6.44. The van der Waals surface area contributed by atoms with Crippen LogP contribution in [0.25, 0.3) is 0 Å². The lowest BCUT2D eigenvalue weighted by Crippen LogP contribution is -2.00. The van der Waals surface area contributed by atoms with Gasteiger partial charge in [0.1, 0.15) is 0 Å². The van der Waals surface area contributed by atoms with Gasteiger partial charge in [-0.3, -0.25) is 0 Å². The lowest BCUT2D eigenvalue weighted by Gasteiger charge is -2.16. The van der Waals surface area contributed by atoms with Gasteiger partial charge in [0.25, 0.3) is 0 Å². The molecule has 0 nitrogen and oxygen atoms in total. The van der Waals surface area contributed by atoms with Crippen LogP contribution in [0.2, 0.25) is 0 Å². The molecule has 0 fully saturated rings. The Kier molecular flexibility index (Phi) is 3.45. The van der Waals surface area contributed by atoms with Crippen molar-refractivity contribution < 1.29 is 0 Å². The highest BCUT2D eigenvalue weighted by atomic mass is 35.5. The van der Waals surface area contributed by atoms with Gasteiger partial charge in [0, 0.05) is 10.8 Å². The normalized spacial score (nSPS) is 14.8. The van der Waals surface area contributed by atoms with E-state index in [4.69, 9.17) is 11.6 Å². The Bertz CT molecular complexity index is 394. The summed E-state index contributed by atoms with van der Waals surface area (Å²) >= 11 is 8.17. The number of rotatable bonds is 3. The summed E-state index contributed by atoms with van der Waals surface area (Å²) in [5.41, 5.74) is 1.30. The predicted molar refractivity (Wildman–Crippen MR) is 67.8 cm³/mol. The Morgan fingerprint density at radius 2 is 1.80 bits per heavy atom. The molecule has 0 saturated carbocycles. The third-order valence-corrected chi connectivity index (χ3v) is 4.28. The average Bonchev–Trinajstić information content (AvgIpc) is 2.82. The Hall–Kier alpha value is -0.790. The lowest BCUT2D eigenvalue weighted by atomic mass is 9.97. The second-order valence-corrected chi connectivity index (χ2v) is 5.07. The Morgan fingerprint density at radius 3 is 2.40 bits per heavy atom. The van der Waals surface area contributed by atoms with Crippen LogP contribution in [0, 0.1) is 0 Å². The second kappa shape index (κ2) is 4.82. The lowest BCUT2D eigenvalue weighted by molar-refractivity contribution is 0.742. The molecule has 1 aromatic carbocycles. The number of thiophene rings is 1. The molecule has 0 amide bonds. The molecule has 1 aromatic heterocycles. The molecule has 2 atom stereocenters. The van der Waals surface area contributed by atoms with E-state index in [0.717, 1.165) is 0 Å². The van der Waals surface area contributed by atoms with Crippen molar-refractivity contribution in [2.24, 2.45) is 0 Å². The largest absolute Gasteiger partial charge is 0.147 e. The minimum atomic E-state index is 0.0763. The summed E-state index contributed by atoms with van der Waals surface area (Å²) in [5.74, 6) is 0.353. The van der Waals surface area contributed by atoms with E-state index < -0.39 is 0 Å². The second-order valence-electron chi connectivity index (χ2n) is 3.62. The van der Waals surface area contributed by atoms with Crippen LogP contribution in [0.1, 0.15) is 28.7 Å². The van der Waals surface area contributed by atoms with Crippen LogP contribution in [-0.4, -0.2) is 0 Å². The Morgan fingerprint density at radius 1 is 1.07 bits per heavy atom. The summed E-state index contributed by atoms with van der Waals surface area (Å²) in [6, 6.07) is 14.6. The number of hydrogen-bond donors (Lipinski definition) is 0. The fraction of sp³-hybridized carbons (Fsp3) is 0.231. The van der Waals surface area contributed by atoms with Gasteiger partial charge in [-0.15, -0.1) is 22.9 Å². The predicted octanol–water partition coefficient (Wildman–Crippen LogP) is 4.83. The van der Waals surface area contributed by atoms with Crippen LogP contribution in [0.15, 0.2) is 47.8 Å². The molecule has 15 heavy (non-hydrogen) atoms. The molecule has 2 heteroatoms. The third kappa shape index (κ3) is 2.42. The molecule has 1 heterocycles. The van der Waals surface area contributed by atoms with Gasteiger partial charge in [-0.2, -0.15) is 0 Å². The van der Waals surface area contributed by atoms with Gasteiger partial charge in [0.05, 0.1) is 5.38 Å². The zero-order valence-electron chi connectivity index (χ0n) is 8.56. The zero-order valence-corrected chi connectivity index (χ0v) is 10.1. The first-order valence-electron chi connectivity index (χ1n) is 5.01. The van der Waals surface area contributed by atoms with Crippen molar-refractivity contribution in [3.05, 3.63) is 58.3 Å². The molecule has 0 aliphatic heterocycles. The van der Waals surface area contributed by atoms with Crippen LogP contribution in [0.3, 0.4) is 0 Å². The van der Waals surface area contributed by atoms with Crippen molar-refractivity contribution in [2.45, 2.75) is 18.2 Å². The zero-order chi connectivity index (χ0) is 10.7. The number of halogens is 1. The molecule has 0 aliphatic carbocycles. The van der Waals surface area contributed by atoms with Gasteiger partial charge in [0.2, 0.25) is 0 Å². The van der Waals surface area contributed by atoms with E-state index >= 15 is 0 Å². The van der Waals surface area contributed by atoms with E-state index in [1.54, 1.807) is 11.3 Å². The van der Waals surface area contributed by atoms with E-state index in [2.05, 4.69) is 42.6 Å². The van der Waals surface area contributed by atoms with Gasteiger partial charge >= 0.3 is 0 Å². The van der Waals surface area contributed by atoms with Crippen LogP contribution < -0.4 is 0 Å². The number of benzene rings is 1. The molecule has 78 valence electrons. The highest BCUT2D eigenvalue weighted by Gasteiger charge is 2.18. The first-order chi connectivity index (χ1) is 7.29. The summed E-state index contributed by atoms with van der Waals surface area (Å²) in [5, 5.41) is 2.15. The molecular weight excluding hydrogens is 224 g/mol. The summed E-state index contributed by atoms with van der Waals surface area (Å²) in [6.45, 7) is 2.17. The average molecular weight is 237 g/mol. The molecular formula is C13H13ClS. The van der Waals surface area contributed by atoms with E-state index in [9.17, 15) is 0 Å². The number of hydrogen-bond acceptors (Lipinski definition) is 1. The molecule has 0 aliphatic rings. The standard InChI is InChI=1S/C13H13ClS/c1-10(11-6-3-2-4-7-11)13(14)12-8-5-9-15-12/h2-10,13H,1H3. The Balaban J connectivity index is 2.18. The summed E-state index contributed by atoms with van der Waals surface area (Å²) in [7, 11) is 0. The van der Waals surface area contributed by atoms with E-state index in [1.807, 2.05) is 12.1 Å². The molecule has 0 saturated heterocycles.